The number of halogens is 3. The maximum absolute atomic E-state index is 14.0. The maximum Gasteiger partial charge on any atom is 0.414 e. The topological polar surface area (TPSA) is 54.5 Å². The Labute approximate surface area is 196 Å². The Kier molecular flexibility index (Phi) is 7.07. The number of rotatable bonds is 6. The first-order chi connectivity index (χ1) is 15.8. The van der Waals surface area contributed by atoms with Crippen LogP contribution in [0, 0.1) is 5.92 Å². The quantitative estimate of drug-likeness (QED) is 0.641. The molecule has 1 N–H and O–H groups in total. The van der Waals surface area contributed by atoms with Crippen molar-refractivity contribution in [2.75, 3.05) is 31.0 Å². The number of methoxy groups -OCH3 is 1. The van der Waals surface area contributed by atoms with Crippen molar-refractivity contribution in [2.24, 2.45) is 5.92 Å². The molecule has 0 saturated carbocycles. The van der Waals surface area contributed by atoms with Crippen LogP contribution in [0.4, 0.5) is 18.9 Å². The standard InChI is InChI=1S/C24H28F3N3O2S/c1-30(23(31)15-8-10-33-11-9-15)22(24(25,26)27)20-7-6-17(14-28-20)29-18-12-16-4-3-5-21(32-2)19(16)13-18/h3-7,14-15,18,22,29H,8-13H2,1-2H3/t18?,22-/m0/s1. The molecule has 1 saturated heterocycles. The van der Waals surface area contributed by atoms with E-state index in [2.05, 4.69) is 16.4 Å². The largest absolute Gasteiger partial charge is 0.496 e. The molecule has 1 unspecified atom stereocenters. The molecule has 0 spiro atoms. The molecular formula is C24H28F3N3O2S. The number of thioether (sulfide) groups is 1. The fraction of sp³-hybridized carbons (Fsp3) is 0.500. The molecule has 0 bridgehead atoms. The van der Waals surface area contributed by atoms with Gasteiger partial charge >= 0.3 is 6.18 Å². The van der Waals surface area contributed by atoms with Crippen LogP contribution in [0.25, 0.3) is 0 Å². The van der Waals surface area contributed by atoms with E-state index in [-0.39, 0.29) is 17.7 Å². The van der Waals surface area contributed by atoms with Crippen molar-refractivity contribution in [1.29, 1.82) is 0 Å². The minimum absolute atomic E-state index is 0.107. The lowest BCUT2D eigenvalue weighted by Gasteiger charge is -2.33. The number of nitrogens with one attached hydrogen (secondary N) is 1. The van der Waals surface area contributed by atoms with E-state index in [9.17, 15) is 18.0 Å². The van der Waals surface area contributed by atoms with Crippen molar-refractivity contribution in [1.82, 2.24) is 9.88 Å². The smallest absolute Gasteiger partial charge is 0.414 e. The number of alkyl halides is 3. The van der Waals surface area contributed by atoms with Gasteiger partial charge in [0.1, 0.15) is 5.75 Å². The number of nitrogens with zero attached hydrogens (tertiary/aromatic N) is 2. The molecule has 9 heteroatoms. The molecule has 1 fully saturated rings. The van der Waals surface area contributed by atoms with Crippen LogP contribution in [-0.4, -0.2) is 53.7 Å². The van der Waals surface area contributed by atoms with Crippen LogP contribution in [0.3, 0.4) is 0 Å². The van der Waals surface area contributed by atoms with Gasteiger partial charge in [-0.2, -0.15) is 24.9 Å². The fourth-order valence-electron chi connectivity index (χ4n) is 4.74. The third-order valence-electron chi connectivity index (χ3n) is 6.42. The first-order valence-electron chi connectivity index (χ1n) is 11.1. The van der Waals surface area contributed by atoms with Gasteiger partial charge in [0.15, 0.2) is 6.04 Å². The van der Waals surface area contributed by atoms with E-state index in [1.165, 1.54) is 24.9 Å². The number of benzene rings is 1. The molecule has 1 aliphatic carbocycles. The lowest BCUT2D eigenvalue weighted by Crippen LogP contribution is -2.43. The van der Waals surface area contributed by atoms with Crippen molar-refractivity contribution in [2.45, 2.75) is 43.9 Å². The molecule has 0 radical (unpaired) electrons. The van der Waals surface area contributed by atoms with Gasteiger partial charge in [0.2, 0.25) is 5.91 Å². The summed E-state index contributed by atoms with van der Waals surface area (Å²) in [6.07, 6.45) is -0.393. The minimum Gasteiger partial charge on any atom is -0.496 e. The Bertz CT molecular complexity index is 978. The van der Waals surface area contributed by atoms with Gasteiger partial charge in [-0.15, -0.1) is 0 Å². The zero-order chi connectivity index (χ0) is 23.6. The van der Waals surface area contributed by atoms with Crippen molar-refractivity contribution < 1.29 is 22.7 Å². The lowest BCUT2D eigenvalue weighted by atomic mass is 9.99. The molecule has 2 atom stereocenters. The number of hydrogen-bond acceptors (Lipinski definition) is 5. The molecule has 5 nitrogen and oxygen atoms in total. The Morgan fingerprint density at radius 2 is 1.97 bits per heavy atom. The molecule has 33 heavy (non-hydrogen) atoms. The third kappa shape index (κ3) is 5.23. The molecular weight excluding hydrogens is 451 g/mol. The highest BCUT2D eigenvalue weighted by molar-refractivity contribution is 7.99. The molecule has 2 heterocycles. The van der Waals surface area contributed by atoms with Gasteiger partial charge in [-0.1, -0.05) is 12.1 Å². The second kappa shape index (κ2) is 9.83. The number of anilines is 1. The van der Waals surface area contributed by atoms with Crippen molar-refractivity contribution in [3.8, 4) is 5.75 Å². The van der Waals surface area contributed by atoms with Crippen LogP contribution in [-0.2, 0) is 17.6 Å². The minimum atomic E-state index is -4.61. The summed E-state index contributed by atoms with van der Waals surface area (Å²) in [6, 6.07) is 6.97. The number of aromatic nitrogens is 1. The Balaban J connectivity index is 1.46. The summed E-state index contributed by atoms with van der Waals surface area (Å²) in [5, 5.41) is 3.37. The normalized spacial score (nSPS) is 19.6. The molecule has 1 amide bonds. The van der Waals surface area contributed by atoms with Gasteiger partial charge < -0.3 is 15.0 Å². The molecule has 1 aromatic carbocycles. The van der Waals surface area contributed by atoms with Gasteiger partial charge in [0, 0.05) is 19.0 Å². The zero-order valence-corrected chi connectivity index (χ0v) is 19.5. The molecule has 2 aliphatic rings. The number of amides is 1. The average Bonchev–Trinajstić information content (AvgIpc) is 3.22. The first-order valence-corrected chi connectivity index (χ1v) is 12.2. The molecule has 1 aliphatic heterocycles. The van der Waals surface area contributed by atoms with Gasteiger partial charge in [-0.25, -0.2) is 0 Å². The van der Waals surface area contributed by atoms with Crippen molar-refractivity contribution in [3.63, 3.8) is 0 Å². The van der Waals surface area contributed by atoms with Crippen LogP contribution in [0.5, 0.6) is 5.75 Å². The summed E-state index contributed by atoms with van der Waals surface area (Å²) in [7, 11) is 2.88. The highest BCUT2D eigenvalue weighted by Crippen LogP contribution is 2.38. The summed E-state index contributed by atoms with van der Waals surface area (Å²) in [4.78, 5) is 17.7. The molecule has 178 valence electrons. The highest BCUT2D eigenvalue weighted by atomic mass is 32.2. The van der Waals surface area contributed by atoms with Crippen molar-refractivity contribution >= 4 is 23.4 Å². The summed E-state index contributed by atoms with van der Waals surface area (Å²) < 4.78 is 47.3. The fourth-order valence-corrected chi connectivity index (χ4v) is 5.85. The summed E-state index contributed by atoms with van der Waals surface area (Å²) in [5.74, 6) is 1.64. The van der Waals surface area contributed by atoms with E-state index in [1.807, 2.05) is 12.1 Å². The van der Waals surface area contributed by atoms with Crippen LogP contribution < -0.4 is 10.1 Å². The second-order valence-electron chi connectivity index (χ2n) is 8.60. The SMILES string of the molecule is COc1cccc2c1CC(Nc1ccc([C@H](N(C)C(=O)C3CCSCC3)C(F)(F)F)nc1)C2. The molecule has 4 rings (SSSR count). The molecule has 2 aromatic rings. The monoisotopic (exact) mass is 479 g/mol. The number of pyridine rings is 1. The van der Waals surface area contributed by atoms with Crippen LogP contribution >= 0.6 is 11.8 Å². The van der Waals surface area contributed by atoms with Crippen LogP contribution in [0.1, 0.15) is 35.7 Å². The third-order valence-corrected chi connectivity index (χ3v) is 7.47. The number of fused-ring (bicyclic) bond motifs is 1. The van der Waals surface area contributed by atoms with Gasteiger partial charge in [-0.3, -0.25) is 9.78 Å². The Morgan fingerprint density at radius 3 is 2.61 bits per heavy atom. The summed E-state index contributed by atoms with van der Waals surface area (Å²) >= 11 is 1.73. The predicted molar refractivity (Wildman–Crippen MR) is 124 cm³/mol. The van der Waals surface area contributed by atoms with Gasteiger partial charge in [0.05, 0.1) is 24.7 Å². The second-order valence-corrected chi connectivity index (χ2v) is 9.82. The number of ether oxygens (including phenoxy) is 1. The average molecular weight is 480 g/mol. The van der Waals surface area contributed by atoms with Crippen LogP contribution in [0.15, 0.2) is 36.5 Å². The van der Waals surface area contributed by atoms with Crippen LogP contribution in [0.2, 0.25) is 0 Å². The first kappa shape index (κ1) is 23.7. The van der Waals surface area contributed by atoms with E-state index in [0.717, 1.165) is 40.6 Å². The maximum atomic E-state index is 14.0. The van der Waals surface area contributed by atoms with E-state index >= 15 is 0 Å². The summed E-state index contributed by atoms with van der Waals surface area (Å²) in [5.41, 5.74) is 2.83. The lowest BCUT2D eigenvalue weighted by molar-refractivity contribution is -0.191. The van der Waals surface area contributed by atoms with E-state index in [4.69, 9.17) is 4.74 Å². The Hall–Kier alpha value is -2.42. The predicted octanol–water partition coefficient (Wildman–Crippen LogP) is 4.87. The Morgan fingerprint density at radius 1 is 1.21 bits per heavy atom. The van der Waals surface area contributed by atoms with E-state index in [1.54, 1.807) is 24.9 Å². The highest BCUT2D eigenvalue weighted by Gasteiger charge is 2.47. The zero-order valence-electron chi connectivity index (χ0n) is 18.7. The summed E-state index contributed by atoms with van der Waals surface area (Å²) in [6.45, 7) is 0. The number of hydrogen-bond donors (Lipinski definition) is 1. The van der Waals surface area contributed by atoms with E-state index < -0.39 is 18.1 Å². The van der Waals surface area contributed by atoms with Crippen molar-refractivity contribution in [3.05, 3.63) is 53.3 Å². The van der Waals surface area contributed by atoms with E-state index in [0.29, 0.717) is 18.5 Å². The number of carbonyl (C=O) groups excluding carboxylic acids is 1. The van der Waals surface area contributed by atoms with Gasteiger partial charge in [-0.05, 0) is 66.5 Å². The van der Waals surface area contributed by atoms with Gasteiger partial charge in [0.25, 0.3) is 0 Å². The molecule has 1 aromatic heterocycles. The number of carbonyl (C=O) groups is 1.